The number of hydrogen-bond donors (Lipinski definition) is 1. The average Bonchev–Trinajstić information content (AvgIpc) is 2.95. The third-order valence-corrected chi connectivity index (χ3v) is 4.41. The van der Waals surface area contributed by atoms with Crippen LogP contribution in [0.2, 0.25) is 0 Å². The second-order valence-electron chi connectivity index (χ2n) is 6.56. The molecule has 0 spiro atoms. The van der Waals surface area contributed by atoms with Crippen molar-refractivity contribution < 1.29 is 23.8 Å². The van der Waals surface area contributed by atoms with E-state index in [4.69, 9.17) is 10.1 Å². The molecule has 1 saturated heterocycles. The van der Waals surface area contributed by atoms with Crippen LogP contribution < -0.4 is 4.90 Å². The van der Waals surface area contributed by atoms with Crippen LogP contribution in [0.4, 0.5) is 0 Å². The predicted octanol–water partition coefficient (Wildman–Crippen LogP) is 0.337. The SMILES string of the molecule is CC(C)(C=[N+]1CCOCC1)C1C(=C=N)C=C([N+](=O)[O-])c2no[n+]([O-])c21. The van der Waals surface area contributed by atoms with Crippen molar-refractivity contribution in [2.24, 2.45) is 5.41 Å². The number of aromatic nitrogens is 2. The van der Waals surface area contributed by atoms with Crippen LogP contribution in [0.25, 0.3) is 5.70 Å². The summed E-state index contributed by atoms with van der Waals surface area (Å²) in [6, 6.07) is 0. The van der Waals surface area contributed by atoms with Gasteiger partial charge in [0, 0.05) is 11.6 Å². The van der Waals surface area contributed by atoms with Crippen LogP contribution in [0.3, 0.4) is 0 Å². The van der Waals surface area contributed by atoms with E-state index >= 15 is 0 Å². The van der Waals surface area contributed by atoms with Crippen LogP contribution in [0.15, 0.2) is 16.3 Å². The van der Waals surface area contributed by atoms with Crippen molar-refractivity contribution in [1.82, 2.24) is 5.16 Å². The lowest BCUT2D eigenvalue weighted by Crippen LogP contribution is -2.41. The van der Waals surface area contributed by atoms with Crippen molar-refractivity contribution in [2.45, 2.75) is 19.8 Å². The smallest absolute Gasteiger partial charge is 0.327 e. The first-order chi connectivity index (χ1) is 11.8. The van der Waals surface area contributed by atoms with E-state index in [1.54, 1.807) is 0 Å². The number of nitro groups is 1. The Morgan fingerprint density at radius 3 is 2.76 bits per heavy atom. The molecule has 1 aliphatic heterocycles. The van der Waals surface area contributed by atoms with E-state index in [0.717, 1.165) is 0 Å². The lowest BCUT2D eigenvalue weighted by Gasteiger charge is -2.29. The van der Waals surface area contributed by atoms with Gasteiger partial charge in [-0.3, -0.25) is 20.2 Å². The Hall–Kier alpha value is -2.84. The Bertz CT molecular complexity index is 823. The van der Waals surface area contributed by atoms with Crippen LogP contribution in [0.1, 0.15) is 31.2 Å². The molecular weight excluding hydrogens is 330 g/mol. The minimum atomic E-state index is -0.645. The van der Waals surface area contributed by atoms with E-state index < -0.39 is 16.3 Å². The highest BCUT2D eigenvalue weighted by Crippen LogP contribution is 2.44. The molecule has 1 fully saturated rings. The fourth-order valence-corrected chi connectivity index (χ4v) is 3.37. The van der Waals surface area contributed by atoms with E-state index in [0.29, 0.717) is 26.3 Å². The van der Waals surface area contributed by atoms with Crippen molar-refractivity contribution >= 4 is 17.8 Å². The van der Waals surface area contributed by atoms with E-state index in [1.165, 1.54) is 6.08 Å². The molecule has 25 heavy (non-hydrogen) atoms. The molecule has 10 nitrogen and oxygen atoms in total. The fraction of sp³-hybridized carbons (Fsp3) is 0.533. The zero-order valence-corrected chi connectivity index (χ0v) is 13.9. The highest BCUT2D eigenvalue weighted by atomic mass is 16.8. The standard InChI is InChI=1S/C15H18N5O5/c1-15(2,9-18-3-5-24-6-4-18)12-10(8-16)7-11(19(21)22)13-14(12)20(23)25-17-13/h7,9,12,16H,3-6H2,1-2H3/q+1. The lowest BCUT2D eigenvalue weighted by atomic mass is 9.71. The molecule has 0 bridgehead atoms. The first kappa shape index (κ1) is 17.0. The third-order valence-electron chi connectivity index (χ3n) is 4.41. The summed E-state index contributed by atoms with van der Waals surface area (Å²) in [7, 11) is 0. The van der Waals surface area contributed by atoms with Gasteiger partial charge in [0.2, 0.25) is 5.69 Å². The van der Waals surface area contributed by atoms with Crippen molar-refractivity contribution in [3.05, 3.63) is 38.4 Å². The number of allylic oxidation sites excluding steroid dienone is 2. The first-order valence-corrected chi connectivity index (χ1v) is 7.78. The van der Waals surface area contributed by atoms with Crippen molar-refractivity contribution in [3.8, 4) is 0 Å². The number of nitrogens with zero attached hydrogens (tertiary/aromatic N) is 4. The van der Waals surface area contributed by atoms with Crippen LogP contribution in [-0.2, 0) is 4.74 Å². The monoisotopic (exact) mass is 348 g/mol. The van der Waals surface area contributed by atoms with Gasteiger partial charge in [-0.05, 0) is 24.6 Å². The summed E-state index contributed by atoms with van der Waals surface area (Å²) in [6.07, 6.45) is 3.21. The van der Waals surface area contributed by atoms with Crippen LogP contribution in [0.5, 0.6) is 0 Å². The van der Waals surface area contributed by atoms with Gasteiger partial charge in [0.15, 0.2) is 13.1 Å². The molecule has 1 atom stereocenters. The minimum absolute atomic E-state index is 0.0264. The molecule has 0 saturated carbocycles. The number of nitrogens with one attached hydrogen (secondary N) is 1. The van der Waals surface area contributed by atoms with Crippen molar-refractivity contribution in [3.63, 3.8) is 0 Å². The van der Waals surface area contributed by atoms with Gasteiger partial charge in [0.05, 0.1) is 21.4 Å². The number of ether oxygens (including phenoxy) is 1. The highest BCUT2D eigenvalue weighted by molar-refractivity contribution is 5.77. The van der Waals surface area contributed by atoms with Gasteiger partial charge in [-0.1, -0.05) is 0 Å². The Morgan fingerprint density at radius 1 is 1.48 bits per heavy atom. The van der Waals surface area contributed by atoms with Gasteiger partial charge in [-0.2, -0.15) is 0 Å². The molecule has 2 heterocycles. The molecule has 0 radical (unpaired) electrons. The van der Waals surface area contributed by atoms with E-state index in [-0.39, 0.29) is 27.6 Å². The molecule has 132 valence electrons. The Morgan fingerprint density at radius 2 is 2.16 bits per heavy atom. The molecule has 1 aromatic heterocycles. The van der Waals surface area contributed by atoms with Crippen molar-refractivity contribution in [1.29, 1.82) is 5.41 Å². The predicted molar refractivity (Wildman–Crippen MR) is 85.1 cm³/mol. The average molecular weight is 348 g/mol. The number of rotatable bonds is 3. The Balaban J connectivity index is 2.13. The van der Waals surface area contributed by atoms with Gasteiger partial charge < -0.3 is 9.94 Å². The highest BCUT2D eigenvalue weighted by Gasteiger charge is 2.49. The van der Waals surface area contributed by atoms with E-state index in [2.05, 4.69) is 20.2 Å². The molecule has 2 aliphatic rings. The summed E-state index contributed by atoms with van der Waals surface area (Å²) >= 11 is 0. The molecule has 0 aromatic carbocycles. The molecule has 0 amide bonds. The molecule has 1 unspecified atom stereocenters. The maximum absolute atomic E-state index is 12.1. The minimum Gasteiger partial charge on any atom is -0.368 e. The summed E-state index contributed by atoms with van der Waals surface area (Å²) in [5.74, 6) is 1.60. The topological polar surface area (TPSA) is 132 Å². The molecule has 1 aliphatic carbocycles. The maximum atomic E-state index is 12.1. The summed E-state index contributed by atoms with van der Waals surface area (Å²) in [4.78, 5) is 10.8. The summed E-state index contributed by atoms with van der Waals surface area (Å²) in [5, 5.41) is 34.5. The quantitative estimate of drug-likeness (QED) is 0.275. The van der Waals surface area contributed by atoms with Gasteiger partial charge in [0.25, 0.3) is 0 Å². The van der Waals surface area contributed by atoms with Gasteiger partial charge in [-0.15, -0.1) is 0 Å². The van der Waals surface area contributed by atoms with Crippen molar-refractivity contribution in [2.75, 3.05) is 26.3 Å². The number of hydrogen-bond acceptors (Lipinski definition) is 7. The van der Waals surface area contributed by atoms with E-state index in [9.17, 15) is 15.3 Å². The second-order valence-corrected chi connectivity index (χ2v) is 6.56. The first-order valence-electron chi connectivity index (χ1n) is 7.78. The fourth-order valence-electron chi connectivity index (χ4n) is 3.37. The summed E-state index contributed by atoms with van der Waals surface area (Å²) in [5.41, 5.74) is -0.847. The largest absolute Gasteiger partial charge is 0.368 e. The Kier molecular flexibility index (Phi) is 4.23. The van der Waals surface area contributed by atoms with Gasteiger partial charge in [-0.25, -0.2) is 4.58 Å². The van der Waals surface area contributed by atoms with Crippen LogP contribution >= 0.6 is 0 Å². The summed E-state index contributed by atoms with van der Waals surface area (Å²) < 4.78 is 12.0. The Labute approximate surface area is 142 Å². The zero-order valence-electron chi connectivity index (χ0n) is 13.9. The summed E-state index contributed by atoms with van der Waals surface area (Å²) in [6.45, 7) is 6.43. The molecule has 1 N–H and O–H groups in total. The van der Waals surface area contributed by atoms with E-state index in [1.807, 2.05) is 20.1 Å². The zero-order chi connectivity index (χ0) is 18.2. The number of fused-ring (bicyclic) bond motifs is 1. The molecular formula is C15H18N5O5+. The van der Waals surface area contributed by atoms with Crippen LogP contribution in [0, 0.1) is 26.1 Å². The number of morpholine rings is 1. The van der Waals surface area contributed by atoms with Crippen LogP contribution in [-0.4, -0.2) is 53.0 Å². The molecule has 1 aromatic rings. The lowest BCUT2D eigenvalue weighted by molar-refractivity contribution is -0.808. The third kappa shape index (κ3) is 2.97. The second kappa shape index (κ2) is 6.23. The van der Waals surface area contributed by atoms with Gasteiger partial charge >= 0.3 is 11.4 Å². The molecule has 10 heteroatoms. The maximum Gasteiger partial charge on any atom is 0.327 e. The normalized spacial score (nSPS) is 20.6. The van der Waals surface area contributed by atoms with Gasteiger partial charge in [0.1, 0.15) is 19.4 Å². The molecule has 3 rings (SSSR count).